The first-order valence-corrected chi connectivity index (χ1v) is 11.1. The van der Waals surface area contributed by atoms with Gasteiger partial charge >= 0.3 is 0 Å². The smallest absolute Gasteiger partial charge is 0.227 e. The third-order valence-electron chi connectivity index (χ3n) is 6.16. The average molecular weight is 378 g/mol. The van der Waals surface area contributed by atoms with Gasteiger partial charge in [0.15, 0.2) is 0 Å². The lowest BCUT2D eigenvalue weighted by atomic mass is 9.74. The zero-order valence-corrected chi connectivity index (χ0v) is 16.1. The molecule has 6 nitrogen and oxygen atoms in total. The van der Waals surface area contributed by atoms with Gasteiger partial charge in [0.25, 0.3) is 0 Å². The van der Waals surface area contributed by atoms with E-state index in [9.17, 15) is 13.2 Å². The van der Waals surface area contributed by atoms with Gasteiger partial charge in [-0.2, -0.15) is 0 Å². The highest BCUT2D eigenvalue weighted by Crippen LogP contribution is 2.54. The number of sulfonamides is 1. The van der Waals surface area contributed by atoms with E-state index in [-0.39, 0.29) is 29.4 Å². The minimum atomic E-state index is -3.22. The quantitative estimate of drug-likeness (QED) is 0.832. The van der Waals surface area contributed by atoms with E-state index in [0.29, 0.717) is 26.1 Å². The van der Waals surface area contributed by atoms with Gasteiger partial charge in [-0.15, -0.1) is 0 Å². The summed E-state index contributed by atoms with van der Waals surface area (Å²) in [5.41, 5.74) is 1.92. The fourth-order valence-electron chi connectivity index (χ4n) is 5.01. The lowest BCUT2D eigenvalue weighted by Crippen LogP contribution is -2.41. The number of carbonyl (C=O) groups excluding carboxylic acids is 1. The highest BCUT2D eigenvalue weighted by Gasteiger charge is 2.63. The van der Waals surface area contributed by atoms with Crippen LogP contribution >= 0.6 is 0 Å². The van der Waals surface area contributed by atoms with Gasteiger partial charge < -0.3 is 9.64 Å². The summed E-state index contributed by atoms with van der Waals surface area (Å²) in [6, 6.07) is 8.04. The number of hydrogen-bond donors (Lipinski definition) is 1. The van der Waals surface area contributed by atoms with Crippen LogP contribution in [-0.2, 0) is 26.0 Å². The number of ether oxygens (including phenoxy) is 1. The Morgan fingerprint density at radius 3 is 2.96 bits per heavy atom. The molecule has 3 aliphatic heterocycles. The van der Waals surface area contributed by atoms with E-state index >= 15 is 0 Å². The first-order chi connectivity index (χ1) is 12.3. The van der Waals surface area contributed by atoms with Crippen LogP contribution in [0.4, 0.5) is 0 Å². The molecule has 142 valence electrons. The number of hydrogen-bond acceptors (Lipinski definition) is 4. The first kappa shape index (κ1) is 17.9. The Balaban J connectivity index is 1.45. The van der Waals surface area contributed by atoms with E-state index < -0.39 is 10.0 Å². The van der Waals surface area contributed by atoms with Crippen molar-refractivity contribution in [3.05, 3.63) is 35.4 Å². The summed E-state index contributed by atoms with van der Waals surface area (Å²) in [7, 11) is -3.22. The summed E-state index contributed by atoms with van der Waals surface area (Å²) in [4.78, 5) is 14.7. The number of amides is 1. The maximum Gasteiger partial charge on any atom is 0.227 e. The van der Waals surface area contributed by atoms with Crippen LogP contribution in [0.1, 0.15) is 24.0 Å². The molecule has 0 unspecified atom stereocenters. The van der Waals surface area contributed by atoms with Crippen molar-refractivity contribution < 1.29 is 17.9 Å². The average Bonchev–Trinajstić information content (AvgIpc) is 3.20. The van der Waals surface area contributed by atoms with Gasteiger partial charge in [-0.1, -0.05) is 29.8 Å². The second kappa shape index (κ2) is 6.32. The predicted octanol–water partition coefficient (Wildman–Crippen LogP) is 1.09. The van der Waals surface area contributed by atoms with Crippen molar-refractivity contribution in [2.24, 2.45) is 11.8 Å². The normalized spacial score (nSPS) is 32.8. The lowest BCUT2D eigenvalue weighted by molar-refractivity contribution is -0.131. The highest BCUT2D eigenvalue weighted by molar-refractivity contribution is 7.88. The van der Waals surface area contributed by atoms with Crippen LogP contribution in [-0.4, -0.2) is 56.8 Å². The number of likely N-dealkylation sites (tertiary alicyclic amines) is 1. The molecule has 0 aliphatic carbocycles. The molecule has 26 heavy (non-hydrogen) atoms. The summed E-state index contributed by atoms with van der Waals surface area (Å²) in [5, 5.41) is 0. The molecule has 3 saturated heterocycles. The van der Waals surface area contributed by atoms with Crippen LogP contribution in [0.25, 0.3) is 0 Å². The maximum atomic E-state index is 12.8. The zero-order chi connectivity index (χ0) is 18.5. The molecule has 4 atom stereocenters. The molecule has 1 amide bonds. The Kier molecular flexibility index (Phi) is 4.36. The summed E-state index contributed by atoms with van der Waals surface area (Å²) in [5.74, 6) is 0.494. The third kappa shape index (κ3) is 3.28. The zero-order valence-electron chi connectivity index (χ0n) is 15.3. The van der Waals surface area contributed by atoms with Gasteiger partial charge in [0.1, 0.15) is 0 Å². The van der Waals surface area contributed by atoms with Crippen molar-refractivity contribution in [1.29, 1.82) is 0 Å². The van der Waals surface area contributed by atoms with E-state index in [0.717, 1.165) is 24.0 Å². The Morgan fingerprint density at radius 1 is 1.42 bits per heavy atom. The first-order valence-electron chi connectivity index (χ1n) is 9.21. The number of aryl methyl sites for hydroxylation is 1. The fourth-order valence-corrected chi connectivity index (χ4v) is 5.50. The van der Waals surface area contributed by atoms with Crippen molar-refractivity contribution in [1.82, 2.24) is 9.62 Å². The van der Waals surface area contributed by atoms with Gasteiger partial charge in [-0.05, 0) is 25.3 Å². The second-order valence-corrected chi connectivity index (χ2v) is 9.92. The molecule has 0 aromatic heterocycles. The second-order valence-electron chi connectivity index (χ2n) is 8.09. The van der Waals surface area contributed by atoms with Gasteiger partial charge in [0, 0.05) is 24.9 Å². The third-order valence-corrected chi connectivity index (χ3v) is 6.85. The maximum absolute atomic E-state index is 12.8. The molecule has 3 aliphatic rings. The highest BCUT2D eigenvalue weighted by atomic mass is 32.2. The van der Waals surface area contributed by atoms with Gasteiger partial charge in [0.2, 0.25) is 15.9 Å². The van der Waals surface area contributed by atoms with E-state index in [2.05, 4.69) is 4.72 Å². The summed E-state index contributed by atoms with van der Waals surface area (Å²) in [6.45, 7) is 3.72. The van der Waals surface area contributed by atoms with Gasteiger partial charge in [-0.25, -0.2) is 13.1 Å². The molecule has 7 heteroatoms. The Bertz CT molecular complexity index is 825. The predicted molar refractivity (Wildman–Crippen MR) is 98.1 cm³/mol. The van der Waals surface area contributed by atoms with E-state index in [4.69, 9.17) is 4.74 Å². The van der Waals surface area contributed by atoms with Gasteiger partial charge in [0.05, 0.1) is 30.9 Å². The molecular weight excluding hydrogens is 352 g/mol. The van der Waals surface area contributed by atoms with Crippen LogP contribution < -0.4 is 4.72 Å². The molecule has 1 N–H and O–H groups in total. The molecule has 0 saturated carbocycles. The largest absolute Gasteiger partial charge is 0.369 e. The standard InChI is InChI=1S/C19H26N2O4S/c1-13-4-3-5-14(8-13)9-18(22)21-11-16-15(10-20-26(2,23)24)17-6-7-19(16,12-21)25-17/h3-5,8,15-17,20H,6-7,9-12H2,1-2H3/t15-,16+,17+,19+/m0/s1. The number of carbonyl (C=O) groups is 1. The van der Waals surface area contributed by atoms with Crippen molar-refractivity contribution in [2.75, 3.05) is 25.9 Å². The topological polar surface area (TPSA) is 75.7 Å². The molecule has 0 radical (unpaired) electrons. The van der Waals surface area contributed by atoms with E-state index in [1.165, 1.54) is 6.26 Å². The Hall–Kier alpha value is -1.44. The number of rotatable bonds is 5. The van der Waals surface area contributed by atoms with Crippen LogP contribution in [0.15, 0.2) is 24.3 Å². The van der Waals surface area contributed by atoms with E-state index in [1.807, 2.05) is 36.1 Å². The Morgan fingerprint density at radius 2 is 2.23 bits per heavy atom. The minimum absolute atomic E-state index is 0.114. The SMILES string of the molecule is Cc1cccc(CC(=O)N2C[C@@H]3[C@H](CNS(C)(=O)=O)[C@H]4CC[C@]3(C2)O4)c1. The Labute approximate surface area is 155 Å². The fraction of sp³-hybridized carbons (Fsp3) is 0.632. The lowest BCUT2D eigenvalue weighted by Gasteiger charge is -2.29. The van der Waals surface area contributed by atoms with Crippen molar-refractivity contribution in [3.63, 3.8) is 0 Å². The molecule has 1 aromatic rings. The molecule has 2 bridgehead atoms. The van der Waals surface area contributed by atoms with Crippen molar-refractivity contribution in [2.45, 2.75) is 37.9 Å². The molecule has 3 fully saturated rings. The summed E-state index contributed by atoms with van der Waals surface area (Å²) in [6.07, 6.45) is 3.62. The minimum Gasteiger partial charge on any atom is -0.369 e. The van der Waals surface area contributed by atoms with Crippen LogP contribution in [0.5, 0.6) is 0 Å². The van der Waals surface area contributed by atoms with Crippen LogP contribution in [0.2, 0.25) is 0 Å². The number of nitrogens with zero attached hydrogens (tertiary/aromatic N) is 1. The molecule has 4 rings (SSSR count). The van der Waals surface area contributed by atoms with Crippen LogP contribution in [0.3, 0.4) is 0 Å². The van der Waals surface area contributed by atoms with Crippen molar-refractivity contribution in [3.8, 4) is 0 Å². The summed E-state index contributed by atoms with van der Waals surface area (Å²) < 4.78 is 31.9. The van der Waals surface area contributed by atoms with Gasteiger partial charge in [-0.3, -0.25) is 4.79 Å². The molecule has 1 aromatic carbocycles. The molecule has 1 spiro atoms. The summed E-state index contributed by atoms with van der Waals surface area (Å²) >= 11 is 0. The number of benzene rings is 1. The van der Waals surface area contributed by atoms with Crippen LogP contribution in [0, 0.1) is 18.8 Å². The monoisotopic (exact) mass is 378 g/mol. The van der Waals surface area contributed by atoms with Crippen molar-refractivity contribution >= 4 is 15.9 Å². The number of fused-ring (bicyclic) bond motifs is 1. The molecular formula is C19H26N2O4S. The van der Waals surface area contributed by atoms with E-state index in [1.54, 1.807) is 0 Å². The number of nitrogens with one attached hydrogen (secondary N) is 1. The molecule has 3 heterocycles.